The Bertz CT molecular complexity index is 488. The second kappa shape index (κ2) is 7.38. The summed E-state index contributed by atoms with van der Waals surface area (Å²) in [5.41, 5.74) is 0. The average Bonchev–Trinajstić information content (AvgIpc) is 2.37. The summed E-state index contributed by atoms with van der Waals surface area (Å²) >= 11 is 3.29. The fraction of sp³-hybridized carbons (Fsp3) is 0.538. The van der Waals surface area contributed by atoms with Crippen molar-refractivity contribution in [3.63, 3.8) is 0 Å². The van der Waals surface area contributed by atoms with Crippen molar-refractivity contribution >= 4 is 26.0 Å². The molecule has 0 saturated carbocycles. The van der Waals surface area contributed by atoms with Crippen LogP contribution in [0.1, 0.15) is 20.3 Å². The van der Waals surface area contributed by atoms with E-state index in [9.17, 15) is 8.42 Å². The summed E-state index contributed by atoms with van der Waals surface area (Å²) in [5.74, 6) is 0. The van der Waals surface area contributed by atoms with E-state index in [2.05, 4.69) is 39.4 Å². The highest BCUT2D eigenvalue weighted by Gasteiger charge is 2.14. The van der Waals surface area contributed by atoms with Crippen LogP contribution in [-0.2, 0) is 10.0 Å². The first-order valence-corrected chi connectivity index (χ1v) is 8.60. The number of hydrogen-bond acceptors (Lipinski definition) is 3. The topological polar surface area (TPSA) is 49.4 Å². The van der Waals surface area contributed by atoms with Gasteiger partial charge in [0.2, 0.25) is 10.0 Å². The van der Waals surface area contributed by atoms with Crippen LogP contribution in [0.25, 0.3) is 0 Å². The molecule has 4 nitrogen and oxygen atoms in total. The Hall–Kier alpha value is -0.430. The van der Waals surface area contributed by atoms with Gasteiger partial charge in [-0.05, 0) is 44.7 Å². The van der Waals surface area contributed by atoms with Crippen molar-refractivity contribution in [3.8, 4) is 0 Å². The minimum Gasteiger partial charge on any atom is -0.302 e. The van der Waals surface area contributed by atoms with Gasteiger partial charge in [-0.2, -0.15) is 0 Å². The van der Waals surface area contributed by atoms with Crippen LogP contribution in [0.15, 0.2) is 33.6 Å². The fourth-order valence-electron chi connectivity index (χ4n) is 1.59. The molecular weight excluding hydrogens is 328 g/mol. The van der Waals surface area contributed by atoms with Crippen LogP contribution in [0.4, 0.5) is 0 Å². The van der Waals surface area contributed by atoms with Gasteiger partial charge in [-0.1, -0.05) is 22.9 Å². The first-order chi connectivity index (χ1) is 8.86. The van der Waals surface area contributed by atoms with Gasteiger partial charge in [0.25, 0.3) is 0 Å². The monoisotopic (exact) mass is 348 g/mol. The molecule has 0 bridgehead atoms. The molecule has 19 heavy (non-hydrogen) atoms. The lowest BCUT2D eigenvalue weighted by molar-refractivity contribution is 0.256. The lowest BCUT2D eigenvalue weighted by Gasteiger charge is -2.23. The quantitative estimate of drug-likeness (QED) is 0.823. The highest BCUT2D eigenvalue weighted by atomic mass is 79.9. The van der Waals surface area contributed by atoms with Crippen LogP contribution in [0.3, 0.4) is 0 Å². The maximum atomic E-state index is 12.0. The van der Waals surface area contributed by atoms with Gasteiger partial charge in [0.05, 0.1) is 4.90 Å². The molecule has 0 fully saturated rings. The number of nitrogens with one attached hydrogen (secondary N) is 1. The number of likely N-dealkylation sites (N-methyl/N-ethyl adjacent to an activating group) is 1. The Morgan fingerprint density at radius 1 is 1.32 bits per heavy atom. The molecule has 0 aliphatic carbocycles. The first-order valence-electron chi connectivity index (χ1n) is 6.32. The number of benzene rings is 1. The zero-order valence-corrected chi connectivity index (χ0v) is 14.0. The van der Waals surface area contributed by atoms with Crippen LogP contribution in [0, 0.1) is 0 Å². The van der Waals surface area contributed by atoms with E-state index in [4.69, 9.17) is 0 Å². The molecule has 0 heterocycles. The Balaban J connectivity index is 2.54. The minimum absolute atomic E-state index is 0.293. The molecule has 0 aliphatic heterocycles. The molecule has 1 aromatic carbocycles. The summed E-state index contributed by atoms with van der Waals surface area (Å²) in [6.07, 6.45) is 1.05. The zero-order valence-electron chi connectivity index (χ0n) is 11.6. The van der Waals surface area contributed by atoms with Crippen LogP contribution < -0.4 is 4.72 Å². The van der Waals surface area contributed by atoms with Crippen molar-refractivity contribution in [2.75, 3.05) is 20.1 Å². The Labute approximate surface area is 124 Å². The Morgan fingerprint density at radius 2 is 1.89 bits per heavy atom. The van der Waals surface area contributed by atoms with E-state index >= 15 is 0 Å². The smallest absolute Gasteiger partial charge is 0.240 e. The third kappa shape index (κ3) is 5.22. The molecule has 1 rings (SSSR count). The van der Waals surface area contributed by atoms with Crippen molar-refractivity contribution in [3.05, 3.63) is 28.7 Å². The molecule has 1 unspecified atom stereocenters. The Kier molecular flexibility index (Phi) is 6.46. The summed E-state index contributed by atoms with van der Waals surface area (Å²) < 4.78 is 27.5. The average molecular weight is 349 g/mol. The van der Waals surface area contributed by atoms with Crippen molar-refractivity contribution in [2.24, 2.45) is 0 Å². The lowest BCUT2D eigenvalue weighted by atomic mass is 10.2. The summed E-state index contributed by atoms with van der Waals surface area (Å²) in [7, 11) is -1.40. The summed E-state index contributed by atoms with van der Waals surface area (Å²) in [6, 6.07) is 7.08. The van der Waals surface area contributed by atoms with E-state index in [1.54, 1.807) is 24.3 Å². The molecule has 0 saturated heterocycles. The predicted molar refractivity (Wildman–Crippen MR) is 81.7 cm³/mol. The van der Waals surface area contributed by atoms with Crippen molar-refractivity contribution in [2.45, 2.75) is 31.2 Å². The highest BCUT2D eigenvalue weighted by Crippen LogP contribution is 2.14. The van der Waals surface area contributed by atoms with Gasteiger partial charge in [0.15, 0.2) is 0 Å². The largest absolute Gasteiger partial charge is 0.302 e. The second-order valence-corrected chi connectivity index (χ2v) is 7.27. The molecule has 0 spiro atoms. The highest BCUT2D eigenvalue weighted by molar-refractivity contribution is 9.10. The zero-order chi connectivity index (χ0) is 14.5. The van der Waals surface area contributed by atoms with Gasteiger partial charge in [-0.3, -0.25) is 0 Å². The fourth-order valence-corrected chi connectivity index (χ4v) is 2.87. The SMILES string of the molecule is CCC(C)N(C)CCNS(=O)(=O)c1ccc(Br)cc1. The standard InChI is InChI=1S/C13H21BrN2O2S/c1-4-11(2)16(3)10-9-15-19(17,18)13-7-5-12(14)6-8-13/h5-8,11,15H,4,9-10H2,1-3H3. The van der Waals surface area contributed by atoms with Crippen molar-refractivity contribution in [1.82, 2.24) is 9.62 Å². The normalized spacial score (nSPS) is 13.7. The van der Waals surface area contributed by atoms with E-state index in [-0.39, 0.29) is 0 Å². The third-order valence-electron chi connectivity index (χ3n) is 3.22. The molecule has 1 N–H and O–H groups in total. The number of hydrogen-bond donors (Lipinski definition) is 1. The van der Waals surface area contributed by atoms with Crippen LogP contribution >= 0.6 is 15.9 Å². The molecule has 1 atom stereocenters. The number of rotatable bonds is 7. The van der Waals surface area contributed by atoms with Crippen molar-refractivity contribution in [1.29, 1.82) is 0 Å². The van der Waals surface area contributed by atoms with Gasteiger partial charge in [0.1, 0.15) is 0 Å². The molecule has 0 aliphatic rings. The molecule has 6 heteroatoms. The number of halogens is 1. The van der Waals surface area contributed by atoms with Gasteiger partial charge in [0, 0.05) is 23.6 Å². The predicted octanol–water partition coefficient (Wildman–Crippen LogP) is 2.46. The molecule has 0 amide bonds. The number of sulfonamides is 1. The van der Waals surface area contributed by atoms with Gasteiger partial charge >= 0.3 is 0 Å². The molecule has 108 valence electrons. The molecule has 1 aromatic rings. The second-order valence-electron chi connectivity index (χ2n) is 4.59. The van der Waals surface area contributed by atoms with E-state index < -0.39 is 10.0 Å². The van der Waals surface area contributed by atoms with E-state index in [1.165, 1.54) is 0 Å². The van der Waals surface area contributed by atoms with Gasteiger partial charge < -0.3 is 4.90 Å². The molecule has 0 radical (unpaired) electrons. The van der Waals surface area contributed by atoms with Crippen LogP contribution in [-0.4, -0.2) is 39.5 Å². The number of nitrogens with zero attached hydrogens (tertiary/aromatic N) is 1. The van der Waals surface area contributed by atoms with E-state index in [0.29, 0.717) is 24.0 Å². The van der Waals surface area contributed by atoms with E-state index in [0.717, 1.165) is 10.9 Å². The Morgan fingerprint density at radius 3 is 2.42 bits per heavy atom. The van der Waals surface area contributed by atoms with Crippen molar-refractivity contribution < 1.29 is 8.42 Å². The van der Waals surface area contributed by atoms with Gasteiger partial charge in [-0.15, -0.1) is 0 Å². The lowest BCUT2D eigenvalue weighted by Crippen LogP contribution is -2.37. The maximum Gasteiger partial charge on any atom is 0.240 e. The minimum atomic E-state index is -3.40. The molecule has 0 aromatic heterocycles. The summed E-state index contributed by atoms with van der Waals surface area (Å²) in [4.78, 5) is 2.44. The summed E-state index contributed by atoms with van der Waals surface area (Å²) in [6.45, 7) is 5.36. The maximum absolute atomic E-state index is 12.0. The third-order valence-corrected chi connectivity index (χ3v) is 5.23. The van der Waals surface area contributed by atoms with E-state index in [1.807, 2.05) is 7.05 Å². The van der Waals surface area contributed by atoms with Crippen LogP contribution in [0.5, 0.6) is 0 Å². The van der Waals surface area contributed by atoms with Crippen LogP contribution in [0.2, 0.25) is 0 Å². The summed E-state index contributed by atoms with van der Waals surface area (Å²) in [5, 5.41) is 0. The molecular formula is C13H21BrN2O2S. The first kappa shape index (κ1) is 16.6. The van der Waals surface area contributed by atoms with Gasteiger partial charge in [-0.25, -0.2) is 13.1 Å².